The molecule has 1 unspecified atom stereocenters. The molecule has 92 valence electrons. The number of fused-ring (bicyclic) bond motifs is 1. The van der Waals surface area contributed by atoms with Crippen LogP contribution in [0.5, 0.6) is 0 Å². The minimum absolute atomic E-state index is 0.148. The van der Waals surface area contributed by atoms with Gasteiger partial charge in [-0.1, -0.05) is 23.5 Å². The average Bonchev–Trinajstić information content (AvgIpc) is 2.95. The summed E-state index contributed by atoms with van der Waals surface area (Å²) in [6.07, 6.45) is 0. The molecule has 0 radical (unpaired) electrons. The number of benzene rings is 1. The van der Waals surface area contributed by atoms with Crippen molar-refractivity contribution >= 4 is 38.0 Å². The molecular formula is C12H12N4S2. The van der Waals surface area contributed by atoms with E-state index in [-0.39, 0.29) is 6.04 Å². The first-order valence-electron chi connectivity index (χ1n) is 5.64. The Morgan fingerprint density at radius 2 is 2.00 bits per heavy atom. The molecular weight excluding hydrogens is 264 g/mol. The Kier molecular flexibility index (Phi) is 2.97. The quantitative estimate of drug-likeness (QED) is 0.793. The minimum atomic E-state index is 0.148. The zero-order valence-electron chi connectivity index (χ0n) is 10.0. The Morgan fingerprint density at radius 1 is 1.17 bits per heavy atom. The molecule has 0 bridgehead atoms. The van der Waals surface area contributed by atoms with Gasteiger partial charge in [0.1, 0.15) is 10.0 Å². The second-order valence-electron chi connectivity index (χ2n) is 4.01. The fourth-order valence-electron chi connectivity index (χ4n) is 1.68. The molecule has 0 fully saturated rings. The highest BCUT2D eigenvalue weighted by Gasteiger charge is 2.12. The normalized spacial score (nSPS) is 12.8. The Bertz CT molecular complexity index is 640. The van der Waals surface area contributed by atoms with E-state index in [1.54, 1.807) is 22.7 Å². The summed E-state index contributed by atoms with van der Waals surface area (Å²) in [7, 11) is 0. The van der Waals surface area contributed by atoms with Gasteiger partial charge in [-0.15, -0.1) is 21.5 Å². The molecule has 0 spiro atoms. The zero-order chi connectivity index (χ0) is 12.5. The Morgan fingerprint density at radius 3 is 2.72 bits per heavy atom. The molecule has 0 saturated heterocycles. The van der Waals surface area contributed by atoms with Crippen LogP contribution in [0.3, 0.4) is 0 Å². The molecule has 1 aromatic carbocycles. The lowest BCUT2D eigenvalue weighted by Crippen LogP contribution is -2.05. The largest absolute Gasteiger partial charge is 0.351 e. The standard InChI is InChI=1S/C12H12N4S2/c1-7(13-12-16-15-8(2)17-12)11-14-9-5-3-4-6-10(9)18-11/h3-7H,1-2H3,(H,13,16). The van der Waals surface area contributed by atoms with Crippen molar-refractivity contribution in [1.29, 1.82) is 0 Å². The van der Waals surface area contributed by atoms with E-state index in [2.05, 4.69) is 33.5 Å². The number of aryl methyl sites for hydroxylation is 1. The Hall–Kier alpha value is -1.53. The van der Waals surface area contributed by atoms with Crippen molar-refractivity contribution in [3.63, 3.8) is 0 Å². The summed E-state index contributed by atoms with van der Waals surface area (Å²) in [6.45, 7) is 4.04. The van der Waals surface area contributed by atoms with Gasteiger partial charge in [0.05, 0.1) is 16.3 Å². The van der Waals surface area contributed by atoms with Gasteiger partial charge in [-0.2, -0.15) is 0 Å². The molecule has 1 N–H and O–H groups in total. The van der Waals surface area contributed by atoms with Crippen LogP contribution in [0.1, 0.15) is 23.0 Å². The second kappa shape index (κ2) is 4.62. The topological polar surface area (TPSA) is 50.7 Å². The van der Waals surface area contributed by atoms with Crippen LogP contribution in [0.15, 0.2) is 24.3 Å². The molecule has 3 aromatic rings. The maximum absolute atomic E-state index is 4.63. The van der Waals surface area contributed by atoms with E-state index < -0.39 is 0 Å². The van der Waals surface area contributed by atoms with Crippen molar-refractivity contribution < 1.29 is 0 Å². The van der Waals surface area contributed by atoms with E-state index in [4.69, 9.17) is 0 Å². The van der Waals surface area contributed by atoms with Gasteiger partial charge in [-0.3, -0.25) is 0 Å². The molecule has 6 heteroatoms. The highest BCUT2D eigenvalue weighted by atomic mass is 32.1. The maximum Gasteiger partial charge on any atom is 0.206 e. The summed E-state index contributed by atoms with van der Waals surface area (Å²) >= 11 is 3.28. The summed E-state index contributed by atoms with van der Waals surface area (Å²) in [6, 6.07) is 8.33. The van der Waals surface area contributed by atoms with Gasteiger partial charge in [-0.25, -0.2) is 4.98 Å². The number of nitrogens with zero attached hydrogens (tertiary/aromatic N) is 3. The smallest absolute Gasteiger partial charge is 0.206 e. The van der Waals surface area contributed by atoms with Gasteiger partial charge in [0.15, 0.2) is 0 Å². The molecule has 1 atom stereocenters. The first-order valence-corrected chi connectivity index (χ1v) is 7.28. The van der Waals surface area contributed by atoms with E-state index in [1.165, 1.54) is 4.70 Å². The van der Waals surface area contributed by atoms with Gasteiger partial charge in [0.2, 0.25) is 5.13 Å². The minimum Gasteiger partial charge on any atom is -0.351 e. The third-order valence-corrected chi connectivity index (χ3v) is 4.54. The van der Waals surface area contributed by atoms with Crippen LogP contribution in [0.2, 0.25) is 0 Å². The molecule has 18 heavy (non-hydrogen) atoms. The Labute approximate surface area is 113 Å². The number of aromatic nitrogens is 3. The number of hydrogen-bond donors (Lipinski definition) is 1. The molecule has 4 nitrogen and oxygen atoms in total. The van der Waals surface area contributed by atoms with Gasteiger partial charge in [-0.05, 0) is 26.0 Å². The molecule has 3 rings (SSSR count). The molecule has 2 heterocycles. The first kappa shape index (κ1) is 11.6. The van der Waals surface area contributed by atoms with Crippen LogP contribution in [-0.4, -0.2) is 15.2 Å². The zero-order valence-corrected chi connectivity index (χ0v) is 11.7. The van der Waals surface area contributed by atoms with Crippen LogP contribution < -0.4 is 5.32 Å². The Balaban J connectivity index is 1.85. The van der Waals surface area contributed by atoms with E-state index in [9.17, 15) is 0 Å². The molecule has 0 aliphatic carbocycles. The van der Waals surface area contributed by atoms with Crippen LogP contribution in [0.4, 0.5) is 5.13 Å². The van der Waals surface area contributed by atoms with Gasteiger partial charge in [0.25, 0.3) is 0 Å². The molecule has 0 amide bonds. The monoisotopic (exact) mass is 276 g/mol. The lowest BCUT2D eigenvalue weighted by molar-refractivity contribution is 0.863. The summed E-state index contributed by atoms with van der Waals surface area (Å²) in [4.78, 5) is 4.63. The van der Waals surface area contributed by atoms with Crippen LogP contribution in [-0.2, 0) is 0 Å². The third-order valence-electron chi connectivity index (χ3n) is 2.55. The van der Waals surface area contributed by atoms with Crippen molar-refractivity contribution in [1.82, 2.24) is 15.2 Å². The lowest BCUT2D eigenvalue weighted by atomic mass is 10.3. The van der Waals surface area contributed by atoms with E-state index in [1.807, 2.05) is 25.1 Å². The van der Waals surface area contributed by atoms with Crippen molar-refractivity contribution in [3.05, 3.63) is 34.3 Å². The third kappa shape index (κ3) is 2.21. The number of hydrogen-bond acceptors (Lipinski definition) is 6. The number of para-hydroxylation sites is 1. The van der Waals surface area contributed by atoms with Gasteiger partial charge >= 0.3 is 0 Å². The summed E-state index contributed by atoms with van der Waals surface area (Å²) < 4.78 is 1.22. The fraction of sp³-hybridized carbons (Fsp3) is 0.250. The van der Waals surface area contributed by atoms with Gasteiger partial charge in [0, 0.05) is 0 Å². The number of thiazole rings is 1. The van der Waals surface area contributed by atoms with E-state index >= 15 is 0 Å². The second-order valence-corrected chi connectivity index (χ2v) is 6.26. The number of nitrogens with one attached hydrogen (secondary N) is 1. The van der Waals surface area contributed by atoms with Crippen LogP contribution >= 0.6 is 22.7 Å². The van der Waals surface area contributed by atoms with Crippen LogP contribution in [0.25, 0.3) is 10.2 Å². The average molecular weight is 276 g/mol. The summed E-state index contributed by atoms with van der Waals surface area (Å²) in [5.41, 5.74) is 1.06. The maximum atomic E-state index is 4.63. The van der Waals surface area contributed by atoms with Crippen molar-refractivity contribution in [2.24, 2.45) is 0 Å². The lowest BCUT2D eigenvalue weighted by Gasteiger charge is -2.08. The van der Waals surface area contributed by atoms with E-state index in [0.29, 0.717) is 0 Å². The van der Waals surface area contributed by atoms with Crippen molar-refractivity contribution in [2.45, 2.75) is 19.9 Å². The van der Waals surface area contributed by atoms with E-state index in [0.717, 1.165) is 20.7 Å². The van der Waals surface area contributed by atoms with Crippen LogP contribution in [0, 0.1) is 6.92 Å². The van der Waals surface area contributed by atoms with Crippen molar-refractivity contribution in [3.8, 4) is 0 Å². The molecule has 0 aliphatic rings. The van der Waals surface area contributed by atoms with Gasteiger partial charge < -0.3 is 5.32 Å². The highest BCUT2D eigenvalue weighted by Crippen LogP contribution is 2.28. The molecule has 2 aromatic heterocycles. The fourth-order valence-corrected chi connectivity index (χ4v) is 3.33. The molecule has 0 saturated carbocycles. The molecule has 0 aliphatic heterocycles. The summed E-state index contributed by atoms with van der Waals surface area (Å²) in [5, 5.41) is 14.3. The highest BCUT2D eigenvalue weighted by molar-refractivity contribution is 7.18. The summed E-state index contributed by atoms with van der Waals surface area (Å²) in [5.74, 6) is 0. The van der Waals surface area contributed by atoms with Crippen molar-refractivity contribution in [2.75, 3.05) is 5.32 Å². The predicted molar refractivity (Wildman–Crippen MR) is 76.3 cm³/mol. The SMILES string of the molecule is Cc1nnc(NC(C)c2nc3ccccc3s2)s1. The number of anilines is 1. The predicted octanol–water partition coefficient (Wildman–Crippen LogP) is 3.63. The number of rotatable bonds is 3. The first-order chi connectivity index (χ1) is 8.72.